The molecule has 0 saturated heterocycles. The van der Waals surface area contributed by atoms with E-state index in [-0.39, 0.29) is 12.3 Å². The van der Waals surface area contributed by atoms with Crippen LogP contribution in [0.3, 0.4) is 0 Å². The smallest absolute Gasteiger partial charge is 0.269 e. The number of ether oxygens (including phenoxy) is 1. The quantitative estimate of drug-likeness (QED) is 0.628. The van der Waals surface area contributed by atoms with Gasteiger partial charge in [-0.1, -0.05) is 12.1 Å². The summed E-state index contributed by atoms with van der Waals surface area (Å²) in [5.41, 5.74) is 2.20. The number of aliphatic hydroxyl groups excluding tert-OH is 1. The van der Waals surface area contributed by atoms with Crippen molar-refractivity contribution in [3.8, 4) is 5.75 Å². The van der Waals surface area contributed by atoms with Gasteiger partial charge in [-0.3, -0.25) is 10.1 Å². The number of aliphatic hydroxyl groups is 1. The topological polar surface area (TPSA) is 75.8 Å². The first kappa shape index (κ1) is 16.8. The maximum Gasteiger partial charge on any atom is 0.269 e. The molecule has 2 rings (SSSR count). The minimum Gasteiger partial charge on any atom is -0.491 e. The van der Waals surface area contributed by atoms with Crippen LogP contribution >= 0.6 is 0 Å². The van der Waals surface area contributed by atoms with Crippen molar-refractivity contribution in [1.82, 2.24) is 0 Å². The molecule has 0 amide bonds. The summed E-state index contributed by atoms with van der Waals surface area (Å²) in [6.07, 6.45) is -0.671. The lowest BCUT2D eigenvalue weighted by atomic mass is 10.2. The Morgan fingerprint density at radius 3 is 2.57 bits per heavy atom. The molecule has 0 aliphatic carbocycles. The number of nitro benzene ring substituents is 1. The first-order valence-electron chi connectivity index (χ1n) is 7.29. The fourth-order valence-corrected chi connectivity index (χ4v) is 2.20. The largest absolute Gasteiger partial charge is 0.491 e. The Labute approximate surface area is 135 Å². The second-order valence-electron chi connectivity index (χ2n) is 5.44. The second kappa shape index (κ2) is 7.60. The summed E-state index contributed by atoms with van der Waals surface area (Å²) >= 11 is 0. The molecule has 1 unspecified atom stereocenters. The van der Waals surface area contributed by atoms with Crippen LogP contribution in [0, 0.1) is 17.0 Å². The number of non-ortho nitro benzene ring substituents is 1. The van der Waals surface area contributed by atoms with Gasteiger partial charge in [0.1, 0.15) is 18.5 Å². The fourth-order valence-electron chi connectivity index (χ4n) is 2.20. The molecule has 23 heavy (non-hydrogen) atoms. The molecular formula is C17H20N2O4. The number of nitro groups is 1. The summed E-state index contributed by atoms with van der Waals surface area (Å²) < 4.78 is 5.46. The maximum absolute atomic E-state index is 10.6. The Morgan fingerprint density at radius 1 is 1.26 bits per heavy atom. The van der Waals surface area contributed by atoms with Crippen LogP contribution in [0.4, 0.5) is 11.4 Å². The number of likely N-dealkylation sites (N-methyl/N-ethyl adjacent to an activating group) is 1. The third kappa shape index (κ3) is 4.96. The van der Waals surface area contributed by atoms with E-state index in [2.05, 4.69) is 0 Å². The molecule has 1 N–H and O–H groups in total. The first-order chi connectivity index (χ1) is 11.0. The average Bonchev–Trinajstić information content (AvgIpc) is 2.53. The molecule has 0 aliphatic heterocycles. The molecule has 0 fully saturated rings. The molecule has 6 heteroatoms. The van der Waals surface area contributed by atoms with Gasteiger partial charge in [-0.05, 0) is 36.8 Å². The van der Waals surface area contributed by atoms with E-state index in [1.807, 2.05) is 43.1 Å². The highest BCUT2D eigenvalue weighted by Gasteiger charge is 2.11. The molecule has 1 atom stereocenters. The summed E-state index contributed by atoms with van der Waals surface area (Å²) in [4.78, 5) is 12.1. The number of hydrogen-bond donors (Lipinski definition) is 1. The van der Waals surface area contributed by atoms with Gasteiger partial charge in [-0.25, -0.2) is 0 Å². The van der Waals surface area contributed by atoms with Crippen molar-refractivity contribution >= 4 is 11.4 Å². The summed E-state index contributed by atoms with van der Waals surface area (Å²) in [5, 5.41) is 20.7. The van der Waals surface area contributed by atoms with Gasteiger partial charge in [-0.15, -0.1) is 0 Å². The van der Waals surface area contributed by atoms with Crippen LogP contribution in [0.2, 0.25) is 0 Å². The maximum atomic E-state index is 10.6. The summed E-state index contributed by atoms with van der Waals surface area (Å²) in [6.45, 7) is 2.57. The number of benzene rings is 2. The zero-order valence-electron chi connectivity index (χ0n) is 13.2. The van der Waals surface area contributed by atoms with E-state index >= 15 is 0 Å². The van der Waals surface area contributed by atoms with Gasteiger partial charge in [0.15, 0.2) is 0 Å². The van der Waals surface area contributed by atoms with E-state index < -0.39 is 11.0 Å². The number of nitrogens with zero attached hydrogens (tertiary/aromatic N) is 2. The van der Waals surface area contributed by atoms with Crippen LogP contribution in [0.25, 0.3) is 0 Å². The zero-order chi connectivity index (χ0) is 16.8. The van der Waals surface area contributed by atoms with Crippen LogP contribution in [-0.4, -0.2) is 36.3 Å². The minimum atomic E-state index is -0.671. The fraction of sp³-hybridized carbons (Fsp3) is 0.294. The lowest BCUT2D eigenvalue weighted by Gasteiger charge is -2.23. The standard InChI is InChI=1S/C17H20N2O4/c1-13-4-3-5-15(10-13)18(2)11-16(20)12-23-17-8-6-14(7-9-17)19(21)22/h3-10,16,20H,11-12H2,1-2H3. The number of aryl methyl sites for hydroxylation is 1. The molecule has 2 aromatic carbocycles. The number of rotatable bonds is 7. The Balaban J connectivity index is 1.84. The normalized spacial score (nSPS) is 11.8. The Bertz CT molecular complexity index is 658. The molecule has 0 saturated carbocycles. The van der Waals surface area contributed by atoms with Crippen molar-refractivity contribution in [3.05, 3.63) is 64.2 Å². The van der Waals surface area contributed by atoms with Gasteiger partial charge in [-0.2, -0.15) is 0 Å². The third-order valence-corrected chi connectivity index (χ3v) is 3.42. The molecule has 122 valence electrons. The first-order valence-corrected chi connectivity index (χ1v) is 7.29. The van der Waals surface area contributed by atoms with Crippen molar-refractivity contribution in [2.24, 2.45) is 0 Å². The minimum absolute atomic E-state index is 0.0112. The van der Waals surface area contributed by atoms with Crippen LogP contribution in [0.5, 0.6) is 5.75 Å². The lowest BCUT2D eigenvalue weighted by Crippen LogP contribution is -2.33. The SMILES string of the molecule is Cc1cccc(N(C)CC(O)COc2ccc([N+](=O)[O-])cc2)c1. The van der Waals surface area contributed by atoms with Crippen LogP contribution in [0.15, 0.2) is 48.5 Å². The molecule has 0 aliphatic rings. The van der Waals surface area contributed by atoms with Crippen molar-refractivity contribution in [3.63, 3.8) is 0 Å². The van der Waals surface area contributed by atoms with Gasteiger partial charge >= 0.3 is 0 Å². The lowest BCUT2D eigenvalue weighted by molar-refractivity contribution is -0.384. The Hall–Kier alpha value is -2.60. The summed E-state index contributed by atoms with van der Waals surface area (Å²) in [6, 6.07) is 13.8. The molecule has 0 aromatic heterocycles. The van der Waals surface area contributed by atoms with E-state index in [9.17, 15) is 15.2 Å². The van der Waals surface area contributed by atoms with E-state index in [0.717, 1.165) is 11.3 Å². The second-order valence-corrected chi connectivity index (χ2v) is 5.44. The third-order valence-electron chi connectivity index (χ3n) is 3.42. The monoisotopic (exact) mass is 316 g/mol. The highest BCUT2D eigenvalue weighted by Crippen LogP contribution is 2.18. The molecular weight excluding hydrogens is 296 g/mol. The van der Waals surface area contributed by atoms with Gasteiger partial charge in [0, 0.05) is 31.4 Å². The van der Waals surface area contributed by atoms with Gasteiger partial charge in [0.25, 0.3) is 5.69 Å². The zero-order valence-corrected chi connectivity index (χ0v) is 13.2. The molecule has 0 radical (unpaired) electrons. The summed E-state index contributed by atoms with van der Waals surface area (Å²) in [5.74, 6) is 0.493. The van der Waals surface area contributed by atoms with E-state index in [1.165, 1.54) is 24.3 Å². The molecule has 0 heterocycles. The van der Waals surface area contributed by atoms with E-state index in [4.69, 9.17) is 4.74 Å². The molecule has 6 nitrogen and oxygen atoms in total. The number of anilines is 1. The number of hydrogen-bond acceptors (Lipinski definition) is 5. The Morgan fingerprint density at radius 2 is 1.96 bits per heavy atom. The summed E-state index contributed by atoms with van der Waals surface area (Å²) in [7, 11) is 1.91. The van der Waals surface area contributed by atoms with Crippen LogP contribution in [0.1, 0.15) is 5.56 Å². The van der Waals surface area contributed by atoms with Crippen LogP contribution in [-0.2, 0) is 0 Å². The van der Waals surface area contributed by atoms with Crippen molar-refractivity contribution < 1.29 is 14.8 Å². The molecule has 0 bridgehead atoms. The molecule has 2 aromatic rings. The van der Waals surface area contributed by atoms with Gasteiger partial charge in [0.2, 0.25) is 0 Å². The Kier molecular flexibility index (Phi) is 5.54. The molecule has 0 spiro atoms. The van der Waals surface area contributed by atoms with Crippen molar-refractivity contribution in [2.45, 2.75) is 13.0 Å². The highest BCUT2D eigenvalue weighted by atomic mass is 16.6. The highest BCUT2D eigenvalue weighted by molar-refractivity contribution is 5.47. The van der Waals surface area contributed by atoms with Gasteiger partial charge in [0.05, 0.1) is 4.92 Å². The van der Waals surface area contributed by atoms with Crippen molar-refractivity contribution in [2.75, 3.05) is 25.1 Å². The van der Waals surface area contributed by atoms with Crippen LogP contribution < -0.4 is 9.64 Å². The van der Waals surface area contributed by atoms with E-state index in [0.29, 0.717) is 12.3 Å². The van der Waals surface area contributed by atoms with Gasteiger partial charge < -0.3 is 14.7 Å². The van der Waals surface area contributed by atoms with E-state index in [1.54, 1.807) is 0 Å². The predicted molar refractivity (Wildman–Crippen MR) is 89.0 cm³/mol. The average molecular weight is 316 g/mol. The predicted octanol–water partition coefficient (Wildman–Crippen LogP) is 2.78. The van der Waals surface area contributed by atoms with Crippen molar-refractivity contribution in [1.29, 1.82) is 0 Å².